The normalized spacial score (nSPS) is 13.6. The van der Waals surface area contributed by atoms with Crippen LogP contribution < -0.4 is 10.9 Å². The zero-order valence-corrected chi connectivity index (χ0v) is 18.7. The standard InChI is InChI=1S/C19H23N5O2S3/c1-2-3-8-15-23-24-19(29-15)22-14(25)10-27-9-13-20-17(26)16-11-6-4-5-7-12(11)28-18(16)21-13/h2-10H2,1H3,(H,20,21,26)(H,22,24,25). The third-order valence-electron chi connectivity index (χ3n) is 4.80. The van der Waals surface area contributed by atoms with Crippen LogP contribution in [0, 0.1) is 0 Å². The molecule has 0 radical (unpaired) electrons. The number of aromatic amines is 1. The number of thiophene rings is 1. The highest BCUT2D eigenvalue weighted by Crippen LogP contribution is 2.33. The number of aromatic nitrogens is 4. The third-order valence-corrected chi connectivity index (χ3v) is 7.83. The van der Waals surface area contributed by atoms with E-state index in [-0.39, 0.29) is 17.2 Å². The maximum atomic E-state index is 12.6. The number of nitrogens with one attached hydrogen (secondary N) is 2. The van der Waals surface area contributed by atoms with Crippen LogP contribution in [0.5, 0.6) is 0 Å². The Morgan fingerprint density at radius 1 is 1.24 bits per heavy atom. The van der Waals surface area contributed by atoms with E-state index in [1.165, 1.54) is 40.0 Å². The number of H-pyrrole nitrogens is 1. The summed E-state index contributed by atoms with van der Waals surface area (Å²) in [5.74, 6) is 1.26. The molecule has 10 heteroatoms. The minimum Gasteiger partial charge on any atom is -0.309 e. The first-order valence-corrected chi connectivity index (χ1v) is 12.7. The second-order valence-corrected chi connectivity index (χ2v) is 10.2. The highest BCUT2D eigenvalue weighted by atomic mass is 32.2. The van der Waals surface area contributed by atoms with Crippen LogP contribution in [0.1, 0.15) is 53.9 Å². The van der Waals surface area contributed by atoms with Gasteiger partial charge in [0.05, 0.1) is 16.9 Å². The van der Waals surface area contributed by atoms with E-state index < -0.39 is 0 Å². The Balaban J connectivity index is 1.33. The average molecular weight is 450 g/mol. The molecule has 0 aromatic carbocycles. The van der Waals surface area contributed by atoms with Crippen molar-refractivity contribution >= 4 is 55.7 Å². The van der Waals surface area contributed by atoms with E-state index in [9.17, 15) is 9.59 Å². The Labute approximate surface area is 180 Å². The number of anilines is 1. The molecule has 3 aromatic heterocycles. The summed E-state index contributed by atoms with van der Waals surface area (Å²) >= 11 is 4.49. The summed E-state index contributed by atoms with van der Waals surface area (Å²) in [6.07, 6.45) is 7.41. The van der Waals surface area contributed by atoms with Crippen molar-refractivity contribution < 1.29 is 4.79 Å². The van der Waals surface area contributed by atoms with Crippen LogP contribution in [0.15, 0.2) is 4.79 Å². The van der Waals surface area contributed by atoms with E-state index in [1.54, 1.807) is 11.3 Å². The molecule has 0 unspecified atom stereocenters. The average Bonchev–Trinajstić information content (AvgIpc) is 3.30. The lowest BCUT2D eigenvalue weighted by Crippen LogP contribution is -2.15. The van der Waals surface area contributed by atoms with Crippen molar-refractivity contribution in [3.8, 4) is 0 Å². The quantitative estimate of drug-likeness (QED) is 0.540. The second kappa shape index (κ2) is 9.36. The molecule has 0 fully saturated rings. The molecule has 3 heterocycles. The molecule has 1 amide bonds. The largest absolute Gasteiger partial charge is 0.309 e. The van der Waals surface area contributed by atoms with Crippen LogP contribution in [0.25, 0.3) is 10.2 Å². The van der Waals surface area contributed by atoms with Crippen LogP contribution in [0.4, 0.5) is 5.13 Å². The predicted octanol–water partition coefficient (Wildman–Crippen LogP) is 3.93. The van der Waals surface area contributed by atoms with Crippen molar-refractivity contribution in [2.75, 3.05) is 11.1 Å². The van der Waals surface area contributed by atoms with Gasteiger partial charge in [0.1, 0.15) is 15.7 Å². The molecule has 0 atom stereocenters. The number of hydrogen-bond acceptors (Lipinski definition) is 8. The van der Waals surface area contributed by atoms with Crippen LogP contribution in [0.2, 0.25) is 0 Å². The fraction of sp³-hybridized carbons (Fsp3) is 0.526. The Morgan fingerprint density at radius 3 is 2.97 bits per heavy atom. The minimum absolute atomic E-state index is 0.0529. The van der Waals surface area contributed by atoms with Gasteiger partial charge >= 0.3 is 0 Å². The summed E-state index contributed by atoms with van der Waals surface area (Å²) in [5, 5.41) is 13.2. The first-order valence-electron chi connectivity index (χ1n) is 9.87. The number of fused-ring (bicyclic) bond motifs is 3. The summed E-state index contributed by atoms with van der Waals surface area (Å²) in [4.78, 5) is 34.4. The van der Waals surface area contributed by atoms with Crippen LogP contribution in [-0.2, 0) is 29.8 Å². The van der Waals surface area contributed by atoms with Crippen molar-refractivity contribution in [2.24, 2.45) is 0 Å². The summed E-state index contributed by atoms with van der Waals surface area (Å²) in [5.41, 5.74) is 1.14. The van der Waals surface area contributed by atoms with Gasteiger partial charge in [0, 0.05) is 11.3 Å². The monoisotopic (exact) mass is 449 g/mol. The molecule has 0 saturated heterocycles. The molecule has 1 aliphatic rings. The fourth-order valence-corrected chi connectivity index (χ4v) is 6.17. The Kier molecular flexibility index (Phi) is 6.61. The summed E-state index contributed by atoms with van der Waals surface area (Å²) in [6, 6.07) is 0. The van der Waals surface area contributed by atoms with E-state index in [1.807, 2.05) is 0 Å². The summed E-state index contributed by atoms with van der Waals surface area (Å²) in [6.45, 7) is 2.13. The SMILES string of the molecule is CCCCc1nnc(NC(=O)CSCc2nc3sc4c(c3c(=O)[nH]2)CCCC4)s1. The van der Waals surface area contributed by atoms with E-state index in [0.29, 0.717) is 16.7 Å². The molecule has 4 rings (SSSR count). The van der Waals surface area contributed by atoms with Gasteiger partial charge in [0.2, 0.25) is 11.0 Å². The molecule has 0 bridgehead atoms. The molecule has 1 aliphatic carbocycles. The van der Waals surface area contributed by atoms with Gasteiger partial charge in [-0.05, 0) is 37.7 Å². The smallest absolute Gasteiger partial charge is 0.259 e. The third kappa shape index (κ3) is 4.87. The zero-order valence-electron chi connectivity index (χ0n) is 16.2. The lowest BCUT2D eigenvalue weighted by atomic mass is 9.97. The fourth-order valence-electron chi connectivity index (χ4n) is 3.41. The highest BCUT2D eigenvalue weighted by Gasteiger charge is 2.19. The first kappa shape index (κ1) is 20.5. The predicted molar refractivity (Wildman–Crippen MR) is 120 cm³/mol. The van der Waals surface area contributed by atoms with Crippen LogP contribution in [-0.4, -0.2) is 31.8 Å². The first-order chi connectivity index (χ1) is 14.1. The lowest BCUT2D eigenvalue weighted by Gasteiger charge is -2.09. The Hall–Kier alpha value is -1.78. The Morgan fingerprint density at radius 2 is 2.10 bits per heavy atom. The van der Waals surface area contributed by atoms with Gasteiger partial charge in [-0.1, -0.05) is 24.7 Å². The minimum atomic E-state index is -0.122. The number of carbonyl (C=O) groups is 1. The topological polar surface area (TPSA) is 101 Å². The molecular formula is C19H23N5O2S3. The van der Waals surface area contributed by atoms with E-state index in [2.05, 4.69) is 32.4 Å². The second-order valence-electron chi connectivity index (χ2n) is 7.05. The van der Waals surface area contributed by atoms with Crippen molar-refractivity contribution in [3.05, 3.63) is 31.6 Å². The van der Waals surface area contributed by atoms with Gasteiger partial charge in [-0.25, -0.2) is 4.98 Å². The lowest BCUT2D eigenvalue weighted by molar-refractivity contribution is -0.113. The van der Waals surface area contributed by atoms with Gasteiger partial charge in [-0.15, -0.1) is 33.3 Å². The Bertz CT molecular complexity index is 1070. The summed E-state index contributed by atoms with van der Waals surface area (Å²) < 4.78 is 0. The molecule has 3 aromatic rings. The van der Waals surface area contributed by atoms with Gasteiger partial charge in [0.25, 0.3) is 5.56 Å². The van der Waals surface area contributed by atoms with Gasteiger partial charge in [-0.2, -0.15) is 0 Å². The van der Waals surface area contributed by atoms with Crippen LogP contribution in [0.3, 0.4) is 0 Å². The molecule has 7 nitrogen and oxygen atoms in total. The van der Waals surface area contributed by atoms with E-state index >= 15 is 0 Å². The van der Waals surface area contributed by atoms with Crippen molar-refractivity contribution in [2.45, 2.75) is 57.6 Å². The number of aryl methyl sites for hydroxylation is 3. The number of carbonyl (C=O) groups excluding carboxylic acids is 1. The van der Waals surface area contributed by atoms with Crippen molar-refractivity contribution in [1.29, 1.82) is 0 Å². The van der Waals surface area contributed by atoms with Crippen LogP contribution >= 0.6 is 34.4 Å². The van der Waals surface area contributed by atoms with E-state index in [0.717, 1.165) is 53.7 Å². The maximum absolute atomic E-state index is 12.6. The van der Waals surface area contributed by atoms with Gasteiger partial charge in [-0.3, -0.25) is 14.9 Å². The van der Waals surface area contributed by atoms with Crippen molar-refractivity contribution in [3.63, 3.8) is 0 Å². The summed E-state index contributed by atoms with van der Waals surface area (Å²) in [7, 11) is 0. The number of amides is 1. The number of nitrogens with zero attached hydrogens (tertiary/aromatic N) is 3. The van der Waals surface area contributed by atoms with Gasteiger partial charge < -0.3 is 4.98 Å². The highest BCUT2D eigenvalue weighted by molar-refractivity contribution is 7.99. The molecule has 0 spiro atoms. The molecule has 2 N–H and O–H groups in total. The molecule has 29 heavy (non-hydrogen) atoms. The number of hydrogen-bond donors (Lipinski definition) is 2. The maximum Gasteiger partial charge on any atom is 0.259 e. The molecular weight excluding hydrogens is 426 g/mol. The number of thioether (sulfide) groups is 1. The van der Waals surface area contributed by atoms with Crippen molar-refractivity contribution in [1.82, 2.24) is 20.2 Å². The van der Waals surface area contributed by atoms with E-state index in [4.69, 9.17) is 0 Å². The number of unbranched alkanes of at least 4 members (excludes halogenated alkanes) is 1. The molecule has 154 valence electrons. The molecule has 0 saturated carbocycles. The molecule has 0 aliphatic heterocycles. The zero-order chi connectivity index (χ0) is 20.2. The van der Waals surface area contributed by atoms with Gasteiger partial charge in [0.15, 0.2) is 0 Å². The number of rotatable bonds is 8.